The van der Waals surface area contributed by atoms with Gasteiger partial charge in [0.2, 0.25) is 0 Å². The Bertz CT molecular complexity index is 816. The van der Waals surface area contributed by atoms with Gasteiger partial charge in [-0.15, -0.1) is 13.2 Å². The average molecular weight is 363 g/mol. The summed E-state index contributed by atoms with van der Waals surface area (Å²) in [5.41, 5.74) is 0. The number of hydrogen-bond acceptors (Lipinski definition) is 2. The van der Waals surface area contributed by atoms with Gasteiger partial charge in [-0.1, -0.05) is 18.2 Å². The van der Waals surface area contributed by atoms with Gasteiger partial charge in [0, 0.05) is 0 Å². The largest absolute Gasteiger partial charge is 0.573 e. The second kappa shape index (κ2) is 7.11. The lowest BCUT2D eigenvalue weighted by molar-refractivity contribution is -0.274. The van der Waals surface area contributed by atoms with Gasteiger partial charge in [-0.05, 0) is 60.7 Å². The summed E-state index contributed by atoms with van der Waals surface area (Å²) >= 11 is 0. The maximum atomic E-state index is 12.3. The molecule has 0 aliphatic heterocycles. The topological polar surface area (TPSA) is 29.5 Å². The molecule has 0 radical (unpaired) electrons. The smallest absolute Gasteiger partial charge is 0.508 e. The van der Waals surface area contributed by atoms with Gasteiger partial charge in [-0.3, -0.25) is 0 Å². The molecule has 0 aromatic heterocycles. The van der Waals surface area contributed by atoms with E-state index in [4.69, 9.17) is 0 Å². The quantitative estimate of drug-likeness (QED) is 0.630. The standard InChI is InChI=1S/C19H13F3O2S/c20-19(21,22)24-15-8-12-18(13-9-15)25(16-4-2-1-3-5-16)17-10-6-14(23)7-11-17/h1-13H/p+1. The maximum Gasteiger partial charge on any atom is 0.573 e. The van der Waals surface area contributed by atoms with E-state index < -0.39 is 17.3 Å². The van der Waals surface area contributed by atoms with E-state index in [2.05, 4.69) is 4.74 Å². The number of ether oxygens (including phenoxy) is 1. The van der Waals surface area contributed by atoms with Crippen LogP contribution in [0.1, 0.15) is 0 Å². The predicted molar refractivity (Wildman–Crippen MR) is 89.8 cm³/mol. The van der Waals surface area contributed by atoms with Gasteiger partial charge in [0.05, 0.1) is 10.9 Å². The lowest BCUT2D eigenvalue weighted by Gasteiger charge is -2.10. The van der Waals surface area contributed by atoms with Crippen LogP contribution in [0.15, 0.2) is 93.5 Å². The fourth-order valence-corrected chi connectivity index (χ4v) is 4.39. The molecule has 128 valence electrons. The van der Waals surface area contributed by atoms with Gasteiger partial charge in [-0.2, -0.15) is 0 Å². The van der Waals surface area contributed by atoms with Crippen LogP contribution < -0.4 is 4.74 Å². The summed E-state index contributed by atoms with van der Waals surface area (Å²) in [4.78, 5) is 2.83. The number of halogens is 3. The molecule has 0 heterocycles. The Kier molecular flexibility index (Phi) is 4.90. The van der Waals surface area contributed by atoms with Crippen molar-refractivity contribution in [3.05, 3.63) is 78.9 Å². The Morgan fingerprint density at radius 1 is 0.680 bits per heavy atom. The number of rotatable bonds is 4. The molecule has 6 heteroatoms. The number of phenols is 1. The zero-order chi connectivity index (χ0) is 17.9. The minimum absolute atomic E-state index is 0.161. The Morgan fingerprint density at radius 3 is 1.68 bits per heavy atom. The summed E-state index contributed by atoms with van der Waals surface area (Å²) in [6.07, 6.45) is -4.71. The highest BCUT2D eigenvalue weighted by Gasteiger charge is 2.32. The van der Waals surface area contributed by atoms with E-state index in [1.165, 1.54) is 12.1 Å². The van der Waals surface area contributed by atoms with E-state index in [0.29, 0.717) is 0 Å². The van der Waals surface area contributed by atoms with E-state index >= 15 is 0 Å². The van der Waals surface area contributed by atoms with Crippen LogP contribution >= 0.6 is 0 Å². The van der Waals surface area contributed by atoms with Crippen LogP contribution in [0.25, 0.3) is 0 Å². The first-order valence-corrected chi connectivity index (χ1v) is 8.59. The summed E-state index contributed by atoms with van der Waals surface area (Å²) in [6, 6.07) is 22.4. The molecule has 0 spiro atoms. The molecular formula is C19H14F3O2S+. The molecule has 1 atom stereocenters. The van der Waals surface area contributed by atoms with Crippen LogP contribution in [0, 0.1) is 0 Å². The highest BCUT2D eigenvalue weighted by Crippen LogP contribution is 2.33. The fraction of sp³-hybridized carbons (Fsp3) is 0.0526. The number of benzene rings is 3. The molecular weight excluding hydrogens is 349 g/mol. The molecule has 0 saturated heterocycles. The Labute approximate surface area is 145 Å². The van der Waals surface area contributed by atoms with E-state index in [-0.39, 0.29) is 11.5 Å². The molecule has 3 aromatic rings. The summed E-state index contributed by atoms with van der Waals surface area (Å²) in [5.74, 6) is -0.0899. The molecule has 2 nitrogen and oxygen atoms in total. The maximum absolute atomic E-state index is 12.3. The van der Waals surface area contributed by atoms with Crippen LogP contribution in [-0.4, -0.2) is 11.5 Å². The molecule has 3 aromatic carbocycles. The predicted octanol–water partition coefficient (Wildman–Crippen LogP) is 5.39. The van der Waals surface area contributed by atoms with Crippen molar-refractivity contribution in [2.24, 2.45) is 0 Å². The van der Waals surface area contributed by atoms with Crippen molar-refractivity contribution in [3.63, 3.8) is 0 Å². The number of hydrogen-bond donors (Lipinski definition) is 1. The van der Waals surface area contributed by atoms with E-state index in [9.17, 15) is 18.3 Å². The highest BCUT2D eigenvalue weighted by molar-refractivity contribution is 7.97. The monoisotopic (exact) mass is 363 g/mol. The van der Waals surface area contributed by atoms with Crippen LogP contribution in [0.3, 0.4) is 0 Å². The van der Waals surface area contributed by atoms with Crippen LogP contribution in [-0.2, 0) is 10.9 Å². The molecule has 0 saturated carbocycles. The normalized spacial score (nSPS) is 12.6. The minimum Gasteiger partial charge on any atom is -0.508 e. The molecule has 0 aliphatic rings. The third kappa shape index (κ3) is 4.48. The van der Waals surface area contributed by atoms with Gasteiger partial charge in [-0.25, -0.2) is 0 Å². The molecule has 3 rings (SSSR count). The van der Waals surface area contributed by atoms with Crippen LogP contribution in [0.5, 0.6) is 11.5 Å². The first-order valence-electron chi connectivity index (χ1n) is 7.36. The Balaban J connectivity index is 1.99. The zero-order valence-corrected chi connectivity index (χ0v) is 13.7. The molecule has 1 N–H and O–H groups in total. The summed E-state index contributed by atoms with van der Waals surface area (Å²) in [6.45, 7) is 0. The van der Waals surface area contributed by atoms with Gasteiger partial charge in [0.15, 0.2) is 14.7 Å². The second-order valence-corrected chi connectivity index (χ2v) is 7.16. The summed E-state index contributed by atoms with van der Waals surface area (Å²) in [7, 11) is -0.502. The van der Waals surface area contributed by atoms with E-state index in [1.807, 2.05) is 42.5 Å². The summed E-state index contributed by atoms with van der Waals surface area (Å²) in [5, 5.41) is 9.50. The molecule has 1 unspecified atom stereocenters. The van der Waals surface area contributed by atoms with Crippen molar-refractivity contribution < 1.29 is 23.0 Å². The number of alkyl halides is 3. The van der Waals surface area contributed by atoms with Crippen molar-refractivity contribution in [2.45, 2.75) is 21.0 Å². The van der Waals surface area contributed by atoms with E-state index in [0.717, 1.165) is 14.7 Å². The van der Waals surface area contributed by atoms with Gasteiger partial charge < -0.3 is 9.84 Å². The Hall–Kier alpha value is -2.60. The van der Waals surface area contributed by atoms with Gasteiger partial charge >= 0.3 is 6.36 Å². The SMILES string of the molecule is Oc1ccc([S+](c2ccccc2)c2ccc(OC(F)(F)F)cc2)cc1. The third-order valence-electron chi connectivity index (χ3n) is 3.34. The van der Waals surface area contributed by atoms with Crippen molar-refractivity contribution in [3.8, 4) is 11.5 Å². The molecule has 25 heavy (non-hydrogen) atoms. The number of aromatic hydroxyl groups is 1. The van der Waals surface area contributed by atoms with Crippen molar-refractivity contribution in [2.75, 3.05) is 0 Å². The number of phenolic OH excluding ortho intramolecular Hbond substituents is 1. The summed E-state index contributed by atoms with van der Waals surface area (Å²) < 4.78 is 40.9. The molecule has 0 fully saturated rings. The minimum atomic E-state index is -4.71. The van der Waals surface area contributed by atoms with Crippen molar-refractivity contribution in [1.82, 2.24) is 0 Å². The first kappa shape index (κ1) is 17.2. The Morgan fingerprint density at radius 2 is 1.16 bits per heavy atom. The van der Waals surface area contributed by atoms with Crippen LogP contribution in [0.4, 0.5) is 13.2 Å². The van der Waals surface area contributed by atoms with E-state index in [1.54, 1.807) is 24.3 Å². The first-order chi connectivity index (χ1) is 11.9. The molecule has 0 aliphatic carbocycles. The zero-order valence-electron chi connectivity index (χ0n) is 12.9. The second-order valence-electron chi connectivity index (χ2n) is 5.13. The average Bonchev–Trinajstić information content (AvgIpc) is 2.58. The third-order valence-corrected chi connectivity index (χ3v) is 5.58. The van der Waals surface area contributed by atoms with Gasteiger partial charge in [0.25, 0.3) is 0 Å². The highest BCUT2D eigenvalue weighted by atomic mass is 32.2. The fourth-order valence-electron chi connectivity index (χ4n) is 2.32. The van der Waals surface area contributed by atoms with Crippen LogP contribution in [0.2, 0.25) is 0 Å². The molecule has 0 bridgehead atoms. The van der Waals surface area contributed by atoms with Gasteiger partial charge in [0.1, 0.15) is 11.5 Å². The molecule has 0 amide bonds. The lowest BCUT2D eigenvalue weighted by Crippen LogP contribution is -2.17. The lowest BCUT2D eigenvalue weighted by atomic mass is 10.3. The van der Waals surface area contributed by atoms with Crippen molar-refractivity contribution >= 4 is 10.9 Å². The van der Waals surface area contributed by atoms with Crippen molar-refractivity contribution in [1.29, 1.82) is 0 Å².